The average Bonchev–Trinajstić information content (AvgIpc) is 3.08. The first-order valence-corrected chi connectivity index (χ1v) is 8.23. The van der Waals surface area contributed by atoms with E-state index in [1.54, 1.807) is 0 Å². The van der Waals surface area contributed by atoms with Crippen LogP contribution in [0.4, 0.5) is 0 Å². The largest absolute Gasteiger partial charge is 0.341 e. The predicted molar refractivity (Wildman–Crippen MR) is 89.3 cm³/mol. The minimum absolute atomic E-state index is 0.0760. The molecule has 0 radical (unpaired) electrons. The third-order valence-electron chi connectivity index (χ3n) is 4.58. The van der Waals surface area contributed by atoms with Gasteiger partial charge in [0.25, 0.3) is 0 Å². The van der Waals surface area contributed by atoms with E-state index >= 15 is 0 Å². The van der Waals surface area contributed by atoms with Crippen LogP contribution in [0.1, 0.15) is 37.6 Å². The summed E-state index contributed by atoms with van der Waals surface area (Å²) in [6, 6.07) is 10.4. The van der Waals surface area contributed by atoms with Crippen molar-refractivity contribution in [3.8, 4) is 0 Å². The standard InChI is InChI=1S/C17H21ClN4O/c1-17(2)11-22(10-13(17)12-6-4-3-5-7-12)15(23)9-8-14-19-16(18)21-20-14/h3-7,13H,8-11H2,1-2H3,(H,19,20,21)/t13-/m1/s1. The summed E-state index contributed by atoms with van der Waals surface area (Å²) in [6.07, 6.45) is 0.953. The van der Waals surface area contributed by atoms with Crippen molar-refractivity contribution in [1.29, 1.82) is 0 Å². The van der Waals surface area contributed by atoms with Crippen molar-refractivity contribution in [2.45, 2.75) is 32.6 Å². The number of amides is 1. The van der Waals surface area contributed by atoms with Gasteiger partial charge in [0, 0.05) is 31.8 Å². The quantitative estimate of drug-likeness (QED) is 0.936. The molecule has 0 unspecified atom stereocenters. The van der Waals surface area contributed by atoms with Crippen molar-refractivity contribution in [1.82, 2.24) is 20.1 Å². The average molecular weight is 333 g/mol. The first kappa shape index (κ1) is 16.0. The highest BCUT2D eigenvalue weighted by Gasteiger charge is 2.41. The second-order valence-electron chi connectivity index (χ2n) is 6.78. The smallest absolute Gasteiger partial charge is 0.242 e. The lowest BCUT2D eigenvalue weighted by atomic mass is 9.78. The van der Waals surface area contributed by atoms with Crippen LogP contribution < -0.4 is 0 Å². The zero-order chi connectivity index (χ0) is 16.4. The van der Waals surface area contributed by atoms with E-state index in [0.717, 1.165) is 13.1 Å². The van der Waals surface area contributed by atoms with Gasteiger partial charge in [-0.2, -0.15) is 0 Å². The van der Waals surface area contributed by atoms with E-state index in [4.69, 9.17) is 11.6 Å². The summed E-state index contributed by atoms with van der Waals surface area (Å²) in [5.41, 5.74) is 1.38. The molecule has 0 aliphatic carbocycles. The Kier molecular flexibility index (Phi) is 4.39. The number of aromatic nitrogens is 3. The topological polar surface area (TPSA) is 61.9 Å². The Morgan fingerprint density at radius 1 is 1.39 bits per heavy atom. The van der Waals surface area contributed by atoms with Crippen LogP contribution in [0.5, 0.6) is 0 Å². The first-order chi connectivity index (χ1) is 11.0. The molecule has 1 N–H and O–H groups in total. The van der Waals surface area contributed by atoms with Gasteiger partial charge in [-0.25, -0.2) is 4.98 Å². The van der Waals surface area contributed by atoms with Gasteiger partial charge in [-0.3, -0.25) is 9.89 Å². The highest BCUT2D eigenvalue weighted by atomic mass is 35.5. The maximum absolute atomic E-state index is 12.5. The molecule has 1 saturated heterocycles. The molecule has 0 saturated carbocycles. The highest BCUT2D eigenvalue weighted by molar-refractivity contribution is 6.28. The van der Waals surface area contributed by atoms with Crippen LogP contribution in [0.2, 0.25) is 5.28 Å². The Bertz CT molecular complexity index is 683. The van der Waals surface area contributed by atoms with Crippen LogP contribution in [-0.4, -0.2) is 39.1 Å². The highest BCUT2D eigenvalue weighted by Crippen LogP contribution is 2.42. The molecule has 2 aromatic rings. The molecule has 6 heteroatoms. The molecule has 3 rings (SSSR count). The maximum Gasteiger partial charge on any atom is 0.242 e. The molecule has 1 aliphatic heterocycles. The number of benzene rings is 1. The van der Waals surface area contributed by atoms with Crippen LogP contribution in [0, 0.1) is 5.41 Å². The zero-order valence-corrected chi connectivity index (χ0v) is 14.2. The van der Waals surface area contributed by atoms with E-state index in [-0.39, 0.29) is 16.6 Å². The van der Waals surface area contributed by atoms with Crippen molar-refractivity contribution < 1.29 is 4.79 Å². The minimum Gasteiger partial charge on any atom is -0.341 e. The SMILES string of the molecule is CC1(C)CN(C(=O)CCc2nc(Cl)n[nH]2)C[C@@H]1c1ccccc1. The van der Waals surface area contributed by atoms with Gasteiger partial charge in [0.1, 0.15) is 5.82 Å². The van der Waals surface area contributed by atoms with Gasteiger partial charge >= 0.3 is 0 Å². The maximum atomic E-state index is 12.5. The summed E-state index contributed by atoms with van der Waals surface area (Å²) in [7, 11) is 0. The Hall–Kier alpha value is -1.88. The number of hydrogen-bond acceptors (Lipinski definition) is 3. The molecule has 0 spiro atoms. The number of rotatable bonds is 4. The number of H-pyrrole nitrogens is 1. The number of hydrogen-bond donors (Lipinski definition) is 1. The van der Waals surface area contributed by atoms with Gasteiger partial charge in [0.15, 0.2) is 0 Å². The van der Waals surface area contributed by atoms with Gasteiger partial charge in [-0.1, -0.05) is 44.2 Å². The van der Waals surface area contributed by atoms with Gasteiger partial charge in [-0.15, -0.1) is 5.10 Å². The third kappa shape index (κ3) is 3.55. The van der Waals surface area contributed by atoms with Gasteiger partial charge in [0.2, 0.25) is 11.2 Å². The predicted octanol–water partition coefficient (Wildman–Crippen LogP) is 3.04. The fraction of sp³-hybridized carbons (Fsp3) is 0.471. The number of nitrogens with zero attached hydrogens (tertiary/aromatic N) is 3. The summed E-state index contributed by atoms with van der Waals surface area (Å²) < 4.78 is 0. The molecule has 0 bridgehead atoms. The number of aromatic amines is 1. The molecule has 1 aromatic carbocycles. The lowest BCUT2D eigenvalue weighted by Crippen LogP contribution is -2.30. The third-order valence-corrected chi connectivity index (χ3v) is 4.75. The summed E-state index contributed by atoms with van der Waals surface area (Å²) in [5.74, 6) is 1.18. The normalized spacial score (nSPS) is 20.0. The summed E-state index contributed by atoms with van der Waals surface area (Å²) in [4.78, 5) is 18.5. The summed E-state index contributed by atoms with van der Waals surface area (Å²) >= 11 is 5.68. The first-order valence-electron chi connectivity index (χ1n) is 7.85. The molecule has 1 atom stereocenters. The van der Waals surface area contributed by atoms with Crippen LogP contribution in [0.25, 0.3) is 0 Å². The van der Waals surface area contributed by atoms with Crippen LogP contribution in [-0.2, 0) is 11.2 Å². The fourth-order valence-corrected chi connectivity index (χ4v) is 3.48. The van der Waals surface area contributed by atoms with Crippen molar-refractivity contribution >= 4 is 17.5 Å². The second-order valence-corrected chi connectivity index (χ2v) is 7.12. The van der Waals surface area contributed by atoms with E-state index in [0.29, 0.717) is 24.6 Å². The van der Waals surface area contributed by atoms with Crippen LogP contribution in [0.15, 0.2) is 30.3 Å². The molecule has 122 valence electrons. The zero-order valence-electron chi connectivity index (χ0n) is 13.4. The molecule has 1 fully saturated rings. The van der Waals surface area contributed by atoms with Crippen molar-refractivity contribution in [3.05, 3.63) is 47.0 Å². The Morgan fingerprint density at radius 2 is 2.13 bits per heavy atom. The molecule has 1 amide bonds. The van der Waals surface area contributed by atoms with E-state index in [1.165, 1.54) is 5.56 Å². The van der Waals surface area contributed by atoms with Crippen LogP contribution in [0.3, 0.4) is 0 Å². The summed E-state index contributed by atoms with van der Waals surface area (Å²) in [6.45, 7) is 6.01. The van der Waals surface area contributed by atoms with E-state index in [2.05, 4.69) is 53.3 Å². The number of carbonyl (C=O) groups is 1. The number of halogens is 1. The van der Waals surface area contributed by atoms with Crippen molar-refractivity contribution in [3.63, 3.8) is 0 Å². The molecular formula is C17H21ClN4O. The monoisotopic (exact) mass is 332 g/mol. The van der Waals surface area contributed by atoms with E-state index in [1.807, 2.05) is 11.0 Å². The molecule has 5 nitrogen and oxygen atoms in total. The lowest BCUT2D eigenvalue weighted by molar-refractivity contribution is -0.130. The van der Waals surface area contributed by atoms with Gasteiger partial charge in [-0.05, 0) is 22.6 Å². The molecule has 23 heavy (non-hydrogen) atoms. The Balaban J connectivity index is 1.64. The Labute approximate surface area is 141 Å². The minimum atomic E-state index is 0.0760. The van der Waals surface area contributed by atoms with Crippen LogP contribution >= 0.6 is 11.6 Å². The fourth-order valence-electron chi connectivity index (χ4n) is 3.33. The van der Waals surface area contributed by atoms with Crippen molar-refractivity contribution in [2.75, 3.05) is 13.1 Å². The van der Waals surface area contributed by atoms with Gasteiger partial charge < -0.3 is 4.90 Å². The molecule has 2 heterocycles. The molecule has 1 aliphatic rings. The second kappa shape index (κ2) is 6.32. The number of likely N-dealkylation sites (tertiary alicyclic amines) is 1. The van der Waals surface area contributed by atoms with Crippen molar-refractivity contribution in [2.24, 2.45) is 5.41 Å². The molecule has 1 aromatic heterocycles. The number of carbonyl (C=O) groups excluding carboxylic acids is 1. The van der Waals surface area contributed by atoms with E-state index in [9.17, 15) is 4.79 Å². The Morgan fingerprint density at radius 3 is 2.78 bits per heavy atom. The van der Waals surface area contributed by atoms with Gasteiger partial charge in [0.05, 0.1) is 0 Å². The van der Waals surface area contributed by atoms with E-state index < -0.39 is 0 Å². The number of aryl methyl sites for hydroxylation is 1. The number of nitrogens with one attached hydrogen (secondary N) is 1. The summed E-state index contributed by atoms with van der Waals surface area (Å²) in [5, 5.41) is 6.70. The lowest BCUT2D eigenvalue weighted by Gasteiger charge is -2.25. The molecular weight excluding hydrogens is 312 g/mol.